The number of para-hydroxylation sites is 1. The smallest absolute Gasteiger partial charge is 0.265 e. The second-order valence-corrected chi connectivity index (χ2v) is 5.24. The van der Waals surface area contributed by atoms with Crippen molar-refractivity contribution in [3.05, 3.63) is 52.5 Å². The number of hydrogen-bond acceptors (Lipinski definition) is 3. The van der Waals surface area contributed by atoms with E-state index in [1.165, 1.54) is 12.1 Å². The first-order valence-electron chi connectivity index (χ1n) is 6.24. The van der Waals surface area contributed by atoms with Crippen LogP contribution in [0.25, 0.3) is 0 Å². The minimum absolute atomic E-state index is 0.278. The normalized spacial score (nSPS) is 11.8. The van der Waals surface area contributed by atoms with Crippen molar-refractivity contribution in [2.24, 2.45) is 0 Å². The molecule has 0 fully saturated rings. The number of carbonyl (C=O) groups is 1. The molecule has 1 unspecified atom stereocenters. The van der Waals surface area contributed by atoms with Crippen LogP contribution in [0.4, 0.5) is 11.4 Å². The monoisotopic (exact) mass is 324 g/mol. The number of halogens is 2. The van der Waals surface area contributed by atoms with E-state index >= 15 is 0 Å². The van der Waals surface area contributed by atoms with Gasteiger partial charge in [-0.25, -0.2) is 0 Å². The van der Waals surface area contributed by atoms with Crippen LogP contribution in [0, 0.1) is 0 Å². The van der Waals surface area contributed by atoms with Crippen molar-refractivity contribution in [2.75, 3.05) is 11.1 Å². The number of hydrogen-bond donors (Lipinski definition) is 2. The van der Waals surface area contributed by atoms with Crippen molar-refractivity contribution in [2.45, 2.75) is 13.0 Å². The molecular weight excluding hydrogens is 311 g/mol. The van der Waals surface area contributed by atoms with E-state index in [2.05, 4.69) is 5.32 Å². The highest BCUT2D eigenvalue weighted by Crippen LogP contribution is 2.33. The average Bonchev–Trinajstić information content (AvgIpc) is 2.43. The fourth-order valence-electron chi connectivity index (χ4n) is 1.69. The first-order valence-corrected chi connectivity index (χ1v) is 7.00. The summed E-state index contributed by atoms with van der Waals surface area (Å²) in [4.78, 5) is 12.1. The maximum absolute atomic E-state index is 12.1. The number of carbonyl (C=O) groups excluding carboxylic acids is 1. The molecule has 21 heavy (non-hydrogen) atoms. The molecule has 6 heteroatoms. The lowest BCUT2D eigenvalue weighted by atomic mass is 10.2. The van der Waals surface area contributed by atoms with Gasteiger partial charge in [-0.05, 0) is 31.2 Å². The van der Waals surface area contributed by atoms with Gasteiger partial charge < -0.3 is 15.8 Å². The predicted octanol–water partition coefficient (Wildman–Crippen LogP) is 3.98. The number of rotatable bonds is 4. The van der Waals surface area contributed by atoms with E-state index in [-0.39, 0.29) is 16.0 Å². The highest BCUT2D eigenvalue weighted by molar-refractivity contribution is 6.40. The van der Waals surface area contributed by atoms with E-state index in [0.717, 1.165) is 0 Å². The van der Waals surface area contributed by atoms with Crippen LogP contribution in [0.5, 0.6) is 5.75 Å². The van der Waals surface area contributed by atoms with E-state index in [1.807, 2.05) is 18.2 Å². The molecule has 2 aromatic carbocycles. The lowest BCUT2D eigenvalue weighted by molar-refractivity contribution is -0.122. The summed E-state index contributed by atoms with van der Waals surface area (Å²) in [5.41, 5.74) is 6.36. The van der Waals surface area contributed by atoms with Gasteiger partial charge in [0.1, 0.15) is 5.75 Å². The molecule has 0 aliphatic carbocycles. The van der Waals surface area contributed by atoms with Crippen LogP contribution < -0.4 is 15.8 Å². The Balaban J connectivity index is 2.08. The molecule has 0 spiro atoms. The molecule has 4 nitrogen and oxygen atoms in total. The van der Waals surface area contributed by atoms with Crippen molar-refractivity contribution < 1.29 is 9.53 Å². The number of benzene rings is 2. The van der Waals surface area contributed by atoms with Gasteiger partial charge in [-0.2, -0.15) is 0 Å². The zero-order valence-electron chi connectivity index (χ0n) is 11.3. The van der Waals surface area contributed by atoms with Gasteiger partial charge in [-0.15, -0.1) is 0 Å². The molecule has 2 aromatic rings. The summed E-state index contributed by atoms with van der Waals surface area (Å²) in [5, 5.41) is 3.20. The van der Waals surface area contributed by atoms with Crippen molar-refractivity contribution in [1.29, 1.82) is 0 Å². The number of nitrogen functional groups attached to an aromatic ring is 1. The Morgan fingerprint density at radius 1 is 1.19 bits per heavy atom. The molecule has 0 heterocycles. The van der Waals surface area contributed by atoms with E-state index in [9.17, 15) is 4.79 Å². The number of nitrogens with two attached hydrogens (primary N) is 1. The zero-order valence-corrected chi connectivity index (χ0v) is 12.8. The first-order chi connectivity index (χ1) is 9.97. The van der Waals surface area contributed by atoms with E-state index < -0.39 is 6.10 Å². The Labute approximate surface area is 132 Å². The summed E-state index contributed by atoms with van der Waals surface area (Å²) in [6, 6.07) is 12.1. The highest BCUT2D eigenvalue weighted by Gasteiger charge is 2.18. The van der Waals surface area contributed by atoms with Gasteiger partial charge in [0.2, 0.25) is 0 Å². The molecule has 0 saturated carbocycles. The third-order valence-electron chi connectivity index (χ3n) is 2.74. The van der Waals surface area contributed by atoms with Crippen LogP contribution in [0.3, 0.4) is 0 Å². The number of nitrogens with one attached hydrogen (secondary N) is 1. The summed E-state index contributed by atoms with van der Waals surface area (Å²) < 4.78 is 5.53. The van der Waals surface area contributed by atoms with Crippen LogP contribution in [0.1, 0.15) is 6.92 Å². The summed E-state index contributed by atoms with van der Waals surface area (Å²) >= 11 is 12.0. The Morgan fingerprint density at radius 2 is 1.76 bits per heavy atom. The number of ether oxygens (including phenoxy) is 1. The molecule has 1 amide bonds. The van der Waals surface area contributed by atoms with Gasteiger partial charge >= 0.3 is 0 Å². The van der Waals surface area contributed by atoms with Crippen molar-refractivity contribution in [3.63, 3.8) is 0 Å². The lowest BCUT2D eigenvalue weighted by Crippen LogP contribution is -2.30. The van der Waals surface area contributed by atoms with Crippen molar-refractivity contribution >= 4 is 40.5 Å². The molecule has 0 bridgehead atoms. The predicted molar refractivity (Wildman–Crippen MR) is 86.0 cm³/mol. The van der Waals surface area contributed by atoms with Gasteiger partial charge in [0, 0.05) is 5.69 Å². The molecule has 1 atom stereocenters. The van der Waals surface area contributed by atoms with Gasteiger partial charge in [0.25, 0.3) is 5.91 Å². The molecule has 2 rings (SSSR count). The van der Waals surface area contributed by atoms with Crippen molar-refractivity contribution in [3.8, 4) is 5.75 Å². The number of amides is 1. The Bertz CT molecular complexity index is 624. The van der Waals surface area contributed by atoms with Gasteiger partial charge in [0.05, 0.1) is 15.7 Å². The van der Waals surface area contributed by atoms with E-state index in [4.69, 9.17) is 33.7 Å². The van der Waals surface area contributed by atoms with E-state index in [0.29, 0.717) is 17.1 Å². The van der Waals surface area contributed by atoms with Gasteiger partial charge in [-0.3, -0.25) is 4.79 Å². The molecule has 0 aromatic heterocycles. The topological polar surface area (TPSA) is 64.3 Å². The van der Waals surface area contributed by atoms with Gasteiger partial charge in [0.15, 0.2) is 6.10 Å². The maximum Gasteiger partial charge on any atom is 0.265 e. The first kappa shape index (κ1) is 15.5. The molecule has 110 valence electrons. The molecule has 0 aliphatic rings. The maximum atomic E-state index is 12.1. The molecule has 0 saturated heterocycles. The van der Waals surface area contributed by atoms with Crippen LogP contribution >= 0.6 is 23.2 Å². The zero-order chi connectivity index (χ0) is 15.4. The summed E-state index contributed by atoms with van der Waals surface area (Å²) in [6.45, 7) is 1.64. The van der Waals surface area contributed by atoms with Crippen LogP contribution in [-0.2, 0) is 4.79 Å². The van der Waals surface area contributed by atoms with E-state index in [1.54, 1.807) is 19.1 Å². The Hall–Kier alpha value is -1.91. The minimum atomic E-state index is -0.697. The quantitative estimate of drug-likeness (QED) is 0.836. The third kappa shape index (κ3) is 4.03. The molecule has 0 aliphatic heterocycles. The fourth-order valence-corrected chi connectivity index (χ4v) is 2.29. The lowest BCUT2D eigenvalue weighted by Gasteiger charge is -2.16. The van der Waals surface area contributed by atoms with Crippen LogP contribution in [-0.4, -0.2) is 12.0 Å². The second kappa shape index (κ2) is 6.70. The SMILES string of the molecule is CC(Oc1ccccc1)C(=O)Nc1c(Cl)cc(N)cc1Cl. The molecule has 0 radical (unpaired) electrons. The number of anilines is 2. The summed E-state index contributed by atoms with van der Waals surface area (Å²) in [6.07, 6.45) is -0.697. The molecular formula is C15H14Cl2N2O2. The van der Waals surface area contributed by atoms with Crippen LogP contribution in [0.15, 0.2) is 42.5 Å². The molecule has 3 N–H and O–H groups in total. The average molecular weight is 325 g/mol. The minimum Gasteiger partial charge on any atom is -0.481 e. The Morgan fingerprint density at radius 3 is 2.33 bits per heavy atom. The van der Waals surface area contributed by atoms with Crippen LogP contribution in [0.2, 0.25) is 10.0 Å². The highest BCUT2D eigenvalue weighted by atomic mass is 35.5. The third-order valence-corrected chi connectivity index (χ3v) is 3.33. The Kier molecular flexibility index (Phi) is 4.94. The van der Waals surface area contributed by atoms with Gasteiger partial charge in [-0.1, -0.05) is 41.4 Å². The fraction of sp³-hybridized carbons (Fsp3) is 0.133. The summed E-state index contributed by atoms with van der Waals surface area (Å²) in [5.74, 6) is 0.252. The second-order valence-electron chi connectivity index (χ2n) is 4.42. The largest absolute Gasteiger partial charge is 0.481 e. The summed E-state index contributed by atoms with van der Waals surface area (Å²) in [7, 11) is 0. The standard InChI is InChI=1S/C15H14Cl2N2O2/c1-9(21-11-5-3-2-4-6-11)15(20)19-14-12(16)7-10(18)8-13(14)17/h2-9H,18H2,1H3,(H,19,20). The van der Waals surface area contributed by atoms with Crippen molar-refractivity contribution in [1.82, 2.24) is 0 Å².